The fourth-order valence-corrected chi connectivity index (χ4v) is 1.88. The Morgan fingerprint density at radius 2 is 2.28 bits per heavy atom. The van der Waals surface area contributed by atoms with Crippen LogP contribution in [0, 0.1) is 6.92 Å². The van der Waals surface area contributed by atoms with Crippen molar-refractivity contribution in [2.75, 3.05) is 6.54 Å². The van der Waals surface area contributed by atoms with E-state index in [0.29, 0.717) is 18.8 Å². The average molecular weight is 312 g/mol. The second-order valence-electron chi connectivity index (χ2n) is 4.01. The van der Waals surface area contributed by atoms with Crippen LogP contribution in [0.1, 0.15) is 24.0 Å². The highest BCUT2D eigenvalue weighted by Gasteiger charge is 2.16. The van der Waals surface area contributed by atoms with E-state index in [4.69, 9.17) is 10.3 Å². The van der Waals surface area contributed by atoms with Gasteiger partial charge in [0.2, 0.25) is 5.82 Å². The number of nitrogens with zero attached hydrogens (tertiary/aromatic N) is 2. The van der Waals surface area contributed by atoms with Crippen molar-refractivity contribution in [1.29, 1.82) is 0 Å². The normalized spacial score (nSPS) is 12.7. The highest BCUT2D eigenvalue weighted by molar-refractivity contribution is 9.10. The maximum atomic E-state index is 9.69. The molecule has 5 nitrogen and oxygen atoms in total. The summed E-state index contributed by atoms with van der Waals surface area (Å²) in [6.07, 6.45) is -0.399. The van der Waals surface area contributed by atoms with Crippen LogP contribution in [0.4, 0.5) is 0 Å². The SMILES string of the molecule is Cc1ccc(-c2noc([C@@H](O)CCN)n2)cc1Br. The molecule has 1 aromatic carbocycles. The molecular formula is C12H14BrN3O2. The summed E-state index contributed by atoms with van der Waals surface area (Å²) in [6, 6.07) is 5.79. The van der Waals surface area contributed by atoms with Crippen LogP contribution in [-0.4, -0.2) is 21.8 Å². The van der Waals surface area contributed by atoms with Crippen molar-refractivity contribution in [3.63, 3.8) is 0 Å². The number of aliphatic hydroxyl groups is 1. The van der Waals surface area contributed by atoms with E-state index in [-0.39, 0.29) is 5.89 Å². The number of hydrogen-bond acceptors (Lipinski definition) is 5. The molecule has 0 saturated carbocycles. The number of rotatable bonds is 4. The van der Waals surface area contributed by atoms with Crippen molar-refractivity contribution >= 4 is 15.9 Å². The zero-order chi connectivity index (χ0) is 13.1. The maximum absolute atomic E-state index is 9.69. The third-order valence-electron chi connectivity index (χ3n) is 2.60. The first-order valence-corrected chi connectivity index (χ1v) is 6.39. The third-order valence-corrected chi connectivity index (χ3v) is 3.45. The summed E-state index contributed by atoms with van der Waals surface area (Å²) in [5, 5.41) is 13.5. The van der Waals surface area contributed by atoms with Crippen molar-refractivity contribution in [1.82, 2.24) is 10.1 Å². The Kier molecular flexibility index (Phi) is 4.11. The molecule has 0 amide bonds. The first kappa shape index (κ1) is 13.2. The van der Waals surface area contributed by atoms with Gasteiger partial charge in [-0.1, -0.05) is 33.2 Å². The molecule has 3 N–H and O–H groups in total. The number of nitrogens with two attached hydrogens (primary N) is 1. The fraction of sp³-hybridized carbons (Fsp3) is 0.333. The Morgan fingerprint density at radius 1 is 1.50 bits per heavy atom. The van der Waals surface area contributed by atoms with E-state index in [1.54, 1.807) is 0 Å². The number of hydrogen-bond donors (Lipinski definition) is 2. The van der Waals surface area contributed by atoms with Gasteiger partial charge in [-0.2, -0.15) is 4.98 Å². The molecule has 96 valence electrons. The highest BCUT2D eigenvalue weighted by Crippen LogP contribution is 2.25. The molecule has 2 aromatic rings. The van der Waals surface area contributed by atoms with Crippen molar-refractivity contribution < 1.29 is 9.63 Å². The van der Waals surface area contributed by atoms with E-state index in [1.807, 2.05) is 25.1 Å². The average Bonchev–Trinajstić information content (AvgIpc) is 2.82. The van der Waals surface area contributed by atoms with Gasteiger partial charge >= 0.3 is 0 Å². The summed E-state index contributed by atoms with van der Waals surface area (Å²) in [5.41, 5.74) is 7.33. The minimum Gasteiger partial charge on any atom is -0.383 e. The summed E-state index contributed by atoms with van der Waals surface area (Å²) in [4.78, 5) is 4.17. The van der Waals surface area contributed by atoms with Crippen LogP contribution >= 0.6 is 15.9 Å². The van der Waals surface area contributed by atoms with Crippen LogP contribution < -0.4 is 5.73 Å². The molecule has 0 fully saturated rings. The lowest BCUT2D eigenvalue weighted by Crippen LogP contribution is -2.06. The molecule has 0 spiro atoms. The maximum Gasteiger partial charge on any atom is 0.255 e. The van der Waals surface area contributed by atoms with E-state index in [1.165, 1.54) is 0 Å². The molecule has 0 bridgehead atoms. The van der Waals surface area contributed by atoms with E-state index in [2.05, 4.69) is 26.1 Å². The minimum absolute atomic E-state index is 0.201. The standard InChI is InChI=1S/C12H14BrN3O2/c1-7-2-3-8(6-9(7)13)11-15-12(18-16-11)10(17)4-5-14/h2-3,6,10,17H,4-5,14H2,1H3/t10-/m0/s1. The first-order chi connectivity index (χ1) is 8.61. The second kappa shape index (κ2) is 5.60. The van der Waals surface area contributed by atoms with Crippen molar-refractivity contribution in [3.05, 3.63) is 34.1 Å². The molecule has 1 heterocycles. The number of benzene rings is 1. The molecule has 6 heteroatoms. The number of aromatic nitrogens is 2. The zero-order valence-electron chi connectivity index (χ0n) is 9.93. The lowest BCUT2D eigenvalue weighted by Gasteiger charge is -2.01. The van der Waals surface area contributed by atoms with Crippen LogP contribution in [-0.2, 0) is 0 Å². The Balaban J connectivity index is 2.26. The number of aliphatic hydroxyl groups excluding tert-OH is 1. The Labute approximate surface area is 113 Å². The molecule has 0 aliphatic carbocycles. The van der Waals surface area contributed by atoms with Crippen molar-refractivity contribution in [2.24, 2.45) is 5.73 Å². The smallest absolute Gasteiger partial charge is 0.255 e. The lowest BCUT2D eigenvalue weighted by molar-refractivity contribution is 0.127. The highest BCUT2D eigenvalue weighted by atomic mass is 79.9. The Hall–Kier alpha value is -1.24. The minimum atomic E-state index is -0.801. The summed E-state index contributed by atoms with van der Waals surface area (Å²) < 4.78 is 6.00. The fourth-order valence-electron chi connectivity index (χ4n) is 1.50. The Bertz CT molecular complexity index is 542. The molecule has 0 aliphatic rings. The van der Waals surface area contributed by atoms with Gasteiger partial charge in [0.1, 0.15) is 6.10 Å². The topological polar surface area (TPSA) is 85.2 Å². The van der Waals surface area contributed by atoms with Gasteiger partial charge < -0.3 is 15.4 Å². The predicted molar refractivity (Wildman–Crippen MR) is 70.8 cm³/mol. The van der Waals surface area contributed by atoms with E-state index < -0.39 is 6.10 Å². The van der Waals surface area contributed by atoms with Crippen LogP contribution in [0.25, 0.3) is 11.4 Å². The molecule has 1 aromatic heterocycles. The molecule has 0 radical (unpaired) electrons. The van der Waals surface area contributed by atoms with E-state index >= 15 is 0 Å². The number of aryl methyl sites for hydroxylation is 1. The van der Waals surface area contributed by atoms with Crippen LogP contribution in [0.5, 0.6) is 0 Å². The molecule has 2 rings (SSSR count). The second-order valence-corrected chi connectivity index (χ2v) is 4.87. The molecular weight excluding hydrogens is 298 g/mol. The van der Waals surface area contributed by atoms with Crippen LogP contribution in [0.3, 0.4) is 0 Å². The molecule has 1 atom stereocenters. The quantitative estimate of drug-likeness (QED) is 0.904. The van der Waals surface area contributed by atoms with Gasteiger partial charge in [0.05, 0.1) is 0 Å². The van der Waals surface area contributed by atoms with E-state index in [0.717, 1.165) is 15.6 Å². The first-order valence-electron chi connectivity index (χ1n) is 5.60. The van der Waals surface area contributed by atoms with Gasteiger partial charge in [0.15, 0.2) is 0 Å². The molecule has 18 heavy (non-hydrogen) atoms. The van der Waals surface area contributed by atoms with Crippen LogP contribution in [0.15, 0.2) is 27.2 Å². The summed E-state index contributed by atoms with van der Waals surface area (Å²) >= 11 is 3.45. The summed E-state index contributed by atoms with van der Waals surface area (Å²) in [7, 11) is 0. The van der Waals surface area contributed by atoms with Gasteiger partial charge in [0, 0.05) is 10.0 Å². The van der Waals surface area contributed by atoms with Gasteiger partial charge in [0.25, 0.3) is 5.89 Å². The van der Waals surface area contributed by atoms with Gasteiger partial charge in [-0.05, 0) is 31.5 Å². The largest absolute Gasteiger partial charge is 0.383 e. The van der Waals surface area contributed by atoms with Gasteiger partial charge in [-0.15, -0.1) is 0 Å². The Morgan fingerprint density at radius 3 is 2.94 bits per heavy atom. The summed E-state index contributed by atoms with van der Waals surface area (Å²) in [5.74, 6) is 0.661. The van der Waals surface area contributed by atoms with Crippen molar-refractivity contribution in [2.45, 2.75) is 19.4 Å². The summed E-state index contributed by atoms with van der Waals surface area (Å²) in [6.45, 7) is 2.37. The van der Waals surface area contributed by atoms with E-state index in [9.17, 15) is 5.11 Å². The van der Waals surface area contributed by atoms with Gasteiger partial charge in [-0.25, -0.2) is 0 Å². The molecule has 0 aliphatic heterocycles. The van der Waals surface area contributed by atoms with Crippen LogP contribution in [0.2, 0.25) is 0 Å². The predicted octanol–water partition coefficient (Wildman–Crippen LogP) is 2.19. The zero-order valence-corrected chi connectivity index (χ0v) is 11.5. The number of halogens is 1. The van der Waals surface area contributed by atoms with Gasteiger partial charge in [-0.3, -0.25) is 0 Å². The monoisotopic (exact) mass is 311 g/mol. The molecule has 0 unspecified atom stereocenters. The molecule has 0 saturated heterocycles. The lowest BCUT2D eigenvalue weighted by atomic mass is 10.1. The third kappa shape index (κ3) is 2.77. The van der Waals surface area contributed by atoms with Crippen molar-refractivity contribution in [3.8, 4) is 11.4 Å².